The number of carbonyl (C=O) groups is 1. The molecule has 7 heteroatoms. The molecule has 0 aliphatic carbocycles. The van der Waals surface area contributed by atoms with Crippen LogP contribution in [0.25, 0.3) is 0 Å². The minimum atomic E-state index is -1.75. The first kappa shape index (κ1) is 24.9. The van der Waals surface area contributed by atoms with E-state index in [9.17, 15) is 4.79 Å². The minimum Gasteiger partial charge on any atom is -0.398 e. The zero-order chi connectivity index (χ0) is 22.5. The van der Waals surface area contributed by atoms with Crippen molar-refractivity contribution in [2.75, 3.05) is 6.54 Å². The maximum atomic E-state index is 11.4. The summed E-state index contributed by atoms with van der Waals surface area (Å²) in [5.74, 6) is -0.380. The molecular formula is C24H23BCl3N2O. The van der Waals surface area contributed by atoms with E-state index in [0.29, 0.717) is 6.54 Å². The molecule has 0 fully saturated rings. The van der Waals surface area contributed by atoms with Crippen LogP contribution in [0.1, 0.15) is 5.56 Å². The van der Waals surface area contributed by atoms with Gasteiger partial charge in [0.2, 0.25) is 9.70 Å². The summed E-state index contributed by atoms with van der Waals surface area (Å²) in [6.07, 6.45) is 1.81. The van der Waals surface area contributed by atoms with E-state index >= 15 is 0 Å². The van der Waals surface area contributed by atoms with Crippen LogP contribution >= 0.6 is 34.8 Å². The van der Waals surface area contributed by atoms with E-state index < -0.39 is 3.79 Å². The lowest BCUT2D eigenvalue weighted by molar-refractivity contribution is -0.116. The van der Waals surface area contributed by atoms with Crippen LogP contribution in [0.15, 0.2) is 103 Å². The molecule has 3 rings (SSSR count). The van der Waals surface area contributed by atoms with E-state index in [1.165, 1.54) is 10.9 Å². The first-order chi connectivity index (χ1) is 14.8. The molecule has 31 heavy (non-hydrogen) atoms. The molecule has 0 spiro atoms. The molecule has 0 saturated carbocycles. The number of rotatable bonds is 6. The predicted molar refractivity (Wildman–Crippen MR) is 134 cm³/mol. The van der Waals surface area contributed by atoms with Crippen molar-refractivity contribution in [3.8, 4) is 0 Å². The van der Waals surface area contributed by atoms with Crippen molar-refractivity contribution in [1.82, 2.24) is 5.32 Å². The highest BCUT2D eigenvalue weighted by Gasteiger charge is 2.23. The third-order valence-corrected chi connectivity index (χ3v) is 4.76. The van der Waals surface area contributed by atoms with Gasteiger partial charge in [-0.3, -0.25) is 4.79 Å². The number of hydrogen-bond acceptors (Lipinski definition) is 2. The lowest BCUT2D eigenvalue weighted by atomic mass is 9.64. The summed E-state index contributed by atoms with van der Waals surface area (Å²) in [6.45, 7) is 0.493. The molecule has 0 atom stereocenters. The van der Waals surface area contributed by atoms with E-state index in [-0.39, 0.29) is 11.6 Å². The van der Waals surface area contributed by atoms with Gasteiger partial charge in [-0.1, -0.05) is 137 Å². The summed E-state index contributed by atoms with van der Waals surface area (Å²) in [6, 6.07) is 30.5. The van der Waals surface area contributed by atoms with Crippen LogP contribution in [0.2, 0.25) is 0 Å². The van der Waals surface area contributed by atoms with Gasteiger partial charge in [0.25, 0.3) is 0 Å². The van der Waals surface area contributed by atoms with Crippen molar-refractivity contribution in [2.24, 2.45) is 5.73 Å². The molecule has 1 radical (unpaired) electrons. The van der Waals surface area contributed by atoms with Gasteiger partial charge in [-0.25, -0.2) is 0 Å². The minimum absolute atomic E-state index is 0.107. The van der Waals surface area contributed by atoms with Crippen molar-refractivity contribution in [3.05, 3.63) is 108 Å². The zero-order valence-electron chi connectivity index (χ0n) is 16.8. The van der Waals surface area contributed by atoms with Crippen LogP contribution in [0.4, 0.5) is 0 Å². The second-order valence-corrected chi connectivity index (χ2v) is 8.87. The number of allylic oxidation sites excluding steroid dienone is 1. The number of nitrogens with two attached hydrogens (primary N) is 1. The average molecular weight is 473 g/mol. The van der Waals surface area contributed by atoms with Crippen molar-refractivity contribution in [2.45, 2.75) is 10.2 Å². The monoisotopic (exact) mass is 471 g/mol. The average Bonchev–Trinajstić information content (AvgIpc) is 2.76. The number of nitrogens with one attached hydrogen (secondary N) is 1. The fourth-order valence-electron chi connectivity index (χ4n) is 2.54. The van der Waals surface area contributed by atoms with Gasteiger partial charge in [-0.2, -0.15) is 0 Å². The highest BCUT2D eigenvalue weighted by Crippen LogP contribution is 2.31. The van der Waals surface area contributed by atoms with E-state index in [4.69, 9.17) is 40.5 Å². The standard InChI is InChI=1S/C12H10B.C12H13Cl3N2O/c1-3-7-11(8-4-1)13-12-9-5-2-6-10-12;13-12(14,15)10(16)8-11(18)17-7-6-9-4-2-1-3-5-9/h1-10H;1-5,8H,6-7,16H2,(H,17,18)/b;10-8-. The number of carbonyl (C=O) groups excluding carboxylic acids is 1. The van der Waals surface area contributed by atoms with Gasteiger partial charge < -0.3 is 11.1 Å². The van der Waals surface area contributed by atoms with Gasteiger partial charge in [-0.05, 0) is 12.0 Å². The topological polar surface area (TPSA) is 55.1 Å². The lowest BCUT2D eigenvalue weighted by Crippen LogP contribution is -2.26. The molecule has 1 amide bonds. The molecule has 3 aromatic rings. The Morgan fingerprint density at radius 2 is 1.29 bits per heavy atom. The van der Waals surface area contributed by atoms with E-state index in [1.54, 1.807) is 0 Å². The number of hydrogen-bond donors (Lipinski definition) is 2. The molecule has 3 nitrogen and oxygen atoms in total. The molecule has 3 N–H and O–H groups in total. The normalized spacial score (nSPS) is 11.1. The Bertz CT molecular complexity index is 909. The second kappa shape index (κ2) is 13.1. The zero-order valence-corrected chi connectivity index (χ0v) is 19.1. The number of alkyl halides is 3. The molecule has 3 aromatic carbocycles. The molecule has 0 aliphatic heterocycles. The van der Waals surface area contributed by atoms with Gasteiger partial charge in [0.05, 0.1) is 5.70 Å². The Kier molecular flexibility index (Phi) is 10.5. The molecular weight excluding hydrogens is 449 g/mol. The summed E-state index contributed by atoms with van der Waals surface area (Å²) in [5, 5.41) is 2.66. The summed E-state index contributed by atoms with van der Waals surface area (Å²) in [4.78, 5) is 11.4. The van der Waals surface area contributed by atoms with Crippen LogP contribution in [0.3, 0.4) is 0 Å². The van der Waals surface area contributed by atoms with Gasteiger partial charge in [0, 0.05) is 12.6 Å². The van der Waals surface area contributed by atoms with Gasteiger partial charge in [0.1, 0.15) is 0 Å². The Hall–Kier alpha value is -2.40. The smallest absolute Gasteiger partial charge is 0.245 e. The van der Waals surface area contributed by atoms with Gasteiger partial charge >= 0.3 is 0 Å². The molecule has 0 saturated heterocycles. The summed E-state index contributed by atoms with van der Waals surface area (Å²) >= 11 is 16.5. The molecule has 0 aliphatic rings. The SMILES string of the molecule is N/C(=C\C(=O)NCCc1ccccc1)C(Cl)(Cl)Cl.[B](c1ccccc1)c1ccccc1. The van der Waals surface area contributed by atoms with E-state index in [2.05, 4.69) is 61.1 Å². The van der Waals surface area contributed by atoms with Crippen molar-refractivity contribution in [3.63, 3.8) is 0 Å². The van der Waals surface area contributed by atoms with Gasteiger partial charge in [-0.15, -0.1) is 0 Å². The summed E-state index contributed by atoms with van der Waals surface area (Å²) in [5.41, 5.74) is 8.96. The quantitative estimate of drug-likeness (QED) is 0.325. The van der Waals surface area contributed by atoms with Crippen LogP contribution < -0.4 is 22.0 Å². The van der Waals surface area contributed by atoms with Crippen LogP contribution in [-0.2, 0) is 11.2 Å². The number of amides is 1. The third kappa shape index (κ3) is 10.5. The Morgan fingerprint density at radius 1 is 0.839 bits per heavy atom. The second-order valence-electron chi connectivity index (χ2n) is 6.59. The molecule has 0 unspecified atom stereocenters. The molecule has 0 bridgehead atoms. The highest BCUT2D eigenvalue weighted by molar-refractivity contribution is 6.69. The fraction of sp³-hybridized carbons (Fsp3) is 0.125. The number of halogens is 3. The summed E-state index contributed by atoms with van der Waals surface area (Å²) in [7, 11) is 2.17. The predicted octanol–water partition coefficient (Wildman–Crippen LogP) is 3.90. The number of benzene rings is 3. The van der Waals surface area contributed by atoms with E-state index in [1.807, 2.05) is 42.5 Å². The molecule has 159 valence electrons. The van der Waals surface area contributed by atoms with Crippen LogP contribution in [0.5, 0.6) is 0 Å². The Morgan fingerprint density at radius 3 is 1.74 bits per heavy atom. The third-order valence-electron chi connectivity index (χ3n) is 4.10. The highest BCUT2D eigenvalue weighted by atomic mass is 35.6. The van der Waals surface area contributed by atoms with Crippen LogP contribution in [-0.4, -0.2) is 23.5 Å². The van der Waals surface area contributed by atoms with Crippen molar-refractivity contribution < 1.29 is 4.79 Å². The first-order valence-corrected chi connectivity index (χ1v) is 10.8. The summed E-state index contributed by atoms with van der Waals surface area (Å²) < 4.78 is -1.75. The molecule has 0 heterocycles. The lowest BCUT2D eigenvalue weighted by Gasteiger charge is -2.10. The van der Waals surface area contributed by atoms with Gasteiger partial charge in [0.15, 0.2) is 7.28 Å². The first-order valence-electron chi connectivity index (χ1n) is 9.65. The Labute approximate surface area is 199 Å². The van der Waals surface area contributed by atoms with E-state index in [0.717, 1.165) is 18.1 Å². The van der Waals surface area contributed by atoms with Crippen molar-refractivity contribution in [1.29, 1.82) is 0 Å². The fourth-order valence-corrected chi connectivity index (χ4v) is 2.70. The largest absolute Gasteiger partial charge is 0.398 e. The van der Waals surface area contributed by atoms with Crippen molar-refractivity contribution >= 4 is 58.9 Å². The van der Waals surface area contributed by atoms with Crippen LogP contribution in [0, 0.1) is 0 Å². The maximum absolute atomic E-state index is 11.4. The maximum Gasteiger partial charge on any atom is 0.245 e. The molecule has 0 aromatic heterocycles. The Balaban J connectivity index is 0.000000231.